The summed E-state index contributed by atoms with van der Waals surface area (Å²) in [7, 11) is 11.8. The predicted octanol–water partition coefficient (Wildman–Crippen LogP) is 3.98. The van der Waals surface area contributed by atoms with Gasteiger partial charge in [0.1, 0.15) is 13.1 Å². The van der Waals surface area contributed by atoms with Crippen LogP contribution in [0.1, 0.15) is 77.0 Å². The normalized spacial score (nSPS) is 30.0. The third-order valence-corrected chi connectivity index (χ3v) is 8.00. The minimum absolute atomic E-state index is 0.0510. The van der Waals surface area contributed by atoms with Crippen molar-refractivity contribution < 1.29 is 14.2 Å². The Bertz CT molecular complexity index is 442. The number of likely N-dealkylation sites (N-methyl/N-ethyl adjacent to an activating group) is 2. The van der Waals surface area contributed by atoms with Crippen LogP contribution in [0.4, 0.5) is 0 Å². The summed E-state index contributed by atoms with van der Waals surface area (Å²) in [6, 6.07) is 0.642. The molecule has 0 aromatic carbocycles. The van der Waals surface area contributed by atoms with Gasteiger partial charge in [-0.25, -0.2) is 0 Å². The fourth-order valence-corrected chi connectivity index (χ4v) is 6.09. The van der Waals surface area contributed by atoms with E-state index in [4.69, 9.17) is 0 Å². The quantitative estimate of drug-likeness (QED) is 0.690. The minimum atomic E-state index is -0.0510. The molecule has 1 heterocycles. The van der Waals surface area contributed by atoms with Crippen LogP contribution >= 0.6 is 0 Å². The summed E-state index contributed by atoms with van der Waals surface area (Å²) in [6.45, 7) is 2.41. The van der Waals surface area contributed by atoms with Crippen LogP contribution in [0.15, 0.2) is 0 Å². The maximum absolute atomic E-state index is 13.8. The van der Waals surface area contributed by atoms with Crippen LogP contribution in [0.5, 0.6) is 0 Å². The van der Waals surface area contributed by atoms with E-state index in [1.54, 1.807) is 5.06 Å². The Labute approximate surface area is 162 Å². The van der Waals surface area contributed by atoms with Crippen molar-refractivity contribution in [3.05, 3.63) is 0 Å². The van der Waals surface area contributed by atoms with Crippen molar-refractivity contribution >= 4 is 0 Å². The van der Waals surface area contributed by atoms with Gasteiger partial charge in [-0.1, -0.05) is 38.5 Å². The van der Waals surface area contributed by atoms with E-state index in [1.807, 2.05) is 0 Å². The van der Waals surface area contributed by atoms with Gasteiger partial charge in [0.15, 0.2) is 0 Å². The zero-order valence-corrected chi connectivity index (χ0v) is 18.2. The van der Waals surface area contributed by atoms with Gasteiger partial charge in [-0.15, -0.1) is 10.3 Å². The van der Waals surface area contributed by atoms with Gasteiger partial charge in [0.05, 0.1) is 52.4 Å². The number of quaternary nitrogens is 2. The molecule has 0 aromatic heterocycles. The molecule has 0 bridgehead atoms. The number of piperidine rings is 1. The van der Waals surface area contributed by atoms with Gasteiger partial charge in [0, 0.05) is 12.8 Å². The fourth-order valence-electron chi connectivity index (χ4n) is 6.09. The van der Waals surface area contributed by atoms with Crippen molar-refractivity contribution in [3.63, 3.8) is 0 Å². The molecule has 0 N–H and O–H groups in total. The molecule has 0 aromatic rings. The molecule has 2 saturated carbocycles. The maximum Gasteiger partial charge on any atom is 0.128 e. The second-order valence-electron chi connectivity index (χ2n) is 11.4. The fraction of sp³-hybridized carbons (Fsp3) is 1.00. The summed E-state index contributed by atoms with van der Waals surface area (Å²) in [6.07, 6.45) is 14.5. The lowest BCUT2D eigenvalue weighted by atomic mass is 9.65. The number of hydrogen-bond donors (Lipinski definition) is 0. The van der Waals surface area contributed by atoms with E-state index in [9.17, 15) is 5.21 Å². The largest absolute Gasteiger partial charge is 0.326 e. The molecule has 1 aliphatic heterocycles. The van der Waals surface area contributed by atoms with Crippen LogP contribution < -0.4 is 0 Å². The predicted molar refractivity (Wildman–Crippen MR) is 107 cm³/mol. The smallest absolute Gasteiger partial charge is 0.128 e. The summed E-state index contributed by atoms with van der Waals surface area (Å²) in [4.78, 5) is 0. The monoisotopic (exact) mass is 366 g/mol. The second-order valence-corrected chi connectivity index (χ2v) is 11.4. The standard InChI is InChI=1S/C22H44N3O/c1-24(2,3)16-17-25(4,5)20-18-21(12-8-6-9-13-21)23(26)22(19-20)14-10-7-11-15-22/h20H,6-19H2,1-5H3/q+2. The number of rotatable bonds is 4. The van der Waals surface area contributed by atoms with Gasteiger partial charge >= 0.3 is 0 Å². The average Bonchev–Trinajstić information content (AvgIpc) is 2.59. The third-order valence-electron chi connectivity index (χ3n) is 8.00. The molecule has 4 nitrogen and oxygen atoms in total. The lowest BCUT2D eigenvalue weighted by molar-refractivity contribution is -0.954. The van der Waals surface area contributed by atoms with E-state index >= 15 is 0 Å². The minimum Gasteiger partial charge on any atom is -0.326 e. The first-order valence-corrected chi connectivity index (χ1v) is 11.2. The van der Waals surface area contributed by atoms with Gasteiger partial charge in [-0.3, -0.25) is 0 Å². The van der Waals surface area contributed by atoms with Crippen LogP contribution in [0, 0.1) is 0 Å². The van der Waals surface area contributed by atoms with Crippen molar-refractivity contribution in [3.8, 4) is 0 Å². The van der Waals surface area contributed by atoms with Crippen molar-refractivity contribution in [2.75, 3.05) is 48.3 Å². The van der Waals surface area contributed by atoms with E-state index in [1.165, 1.54) is 51.6 Å². The van der Waals surface area contributed by atoms with Crippen LogP contribution in [0.3, 0.4) is 0 Å². The maximum atomic E-state index is 13.8. The second kappa shape index (κ2) is 7.35. The summed E-state index contributed by atoms with van der Waals surface area (Å²) in [5, 5.41) is 15.5. The summed E-state index contributed by atoms with van der Waals surface area (Å²) < 4.78 is 2.12. The summed E-state index contributed by atoms with van der Waals surface area (Å²) in [5.41, 5.74) is -0.102. The Kier molecular flexibility index (Phi) is 5.81. The Balaban J connectivity index is 1.85. The lowest BCUT2D eigenvalue weighted by Crippen LogP contribution is -2.70. The molecule has 1 radical (unpaired) electrons. The highest BCUT2D eigenvalue weighted by atomic mass is 16.5. The van der Waals surface area contributed by atoms with Crippen LogP contribution in [0.25, 0.3) is 0 Å². The number of hydrogen-bond acceptors (Lipinski definition) is 1. The van der Waals surface area contributed by atoms with E-state index in [0.29, 0.717) is 6.04 Å². The number of nitrogens with zero attached hydrogens (tertiary/aromatic N) is 3. The van der Waals surface area contributed by atoms with Crippen molar-refractivity contribution in [2.24, 2.45) is 0 Å². The molecule has 0 unspecified atom stereocenters. The van der Waals surface area contributed by atoms with Gasteiger partial charge < -0.3 is 8.97 Å². The molecule has 26 heavy (non-hydrogen) atoms. The topological polar surface area (TPSA) is 23.1 Å². The van der Waals surface area contributed by atoms with Gasteiger partial charge in [-0.05, 0) is 25.7 Å². The van der Waals surface area contributed by atoms with Crippen LogP contribution in [-0.2, 0) is 5.21 Å². The van der Waals surface area contributed by atoms with Crippen molar-refractivity contribution in [1.29, 1.82) is 0 Å². The molecule has 0 amide bonds. The molecule has 2 aliphatic carbocycles. The molecular formula is C22H44N3O+2. The third kappa shape index (κ3) is 4.14. The van der Waals surface area contributed by atoms with E-state index < -0.39 is 0 Å². The molecule has 0 atom stereocenters. The van der Waals surface area contributed by atoms with Gasteiger partial charge in [-0.2, -0.15) is 0 Å². The molecule has 151 valence electrons. The first-order valence-electron chi connectivity index (χ1n) is 11.2. The van der Waals surface area contributed by atoms with Crippen molar-refractivity contribution in [2.45, 2.75) is 94.2 Å². The SMILES string of the molecule is C[N+](C)(C)CC[N+](C)(C)C1CC2(CCCCC2)N([O])C2(CCCCC2)C1. The molecular weight excluding hydrogens is 322 g/mol. The number of hydroxylamine groups is 2. The van der Waals surface area contributed by atoms with Crippen LogP contribution in [-0.4, -0.2) is 79.5 Å². The van der Waals surface area contributed by atoms with E-state index in [0.717, 1.165) is 47.5 Å². The highest BCUT2D eigenvalue weighted by molar-refractivity contribution is 5.06. The van der Waals surface area contributed by atoms with E-state index in [2.05, 4.69) is 35.2 Å². The first-order chi connectivity index (χ1) is 12.1. The molecule has 3 aliphatic rings. The molecule has 1 saturated heterocycles. The molecule has 2 spiro atoms. The Hall–Kier alpha value is -0.160. The van der Waals surface area contributed by atoms with Crippen LogP contribution in [0.2, 0.25) is 0 Å². The molecule has 3 fully saturated rings. The highest BCUT2D eigenvalue weighted by Gasteiger charge is 2.58. The Morgan fingerprint density at radius 1 is 0.731 bits per heavy atom. The zero-order chi connectivity index (χ0) is 19.1. The molecule has 4 heteroatoms. The Morgan fingerprint density at radius 2 is 1.15 bits per heavy atom. The van der Waals surface area contributed by atoms with Gasteiger partial charge in [0.2, 0.25) is 0 Å². The van der Waals surface area contributed by atoms with Crippen molar-refractivity contribution in [1.82, 2.24) is 5.06 Å². The lowest BCUT2D eigenvalue weighted by Gasteiger charge is -2.60. The molecule has 3 rings (SSSR count). The summed E-state index contributed by atoms with van der Waals surface area (Å²) >= 11 is 0. The van der Waals surface area contributed by atoms with E-state index in [-0.39, 0.29) is 11.1 Å². The first kappa shape index (κ1) is 20.6. The average molecular weight is 367 g/mol. The Morgan fingerprint density at radius 3 is 1.54 bits per heavy atom. The van der Waals surface area contributed by atoms with Gasteiger partial charge in [0.25, 0.3) is 0 Å². The zero-order valence-electron chi connectivity index (χ0n) is 18.2. The highest BCUT2D eigenvalue weighted by Crippen LogP contribution is 2.52. The summed E-state index contributed by atoms with van der Waals surface area (Å²) in [5.74, 6) is 0.